The zero-order valence-electron chi connectivity index (χ0n) is 13.2. The quantitative estimate of drug-likeness (QED) is 0.719. The van der Waals surface area contributed by atoms with Gasteiger partial charge < -0.3 is 9.84 Å². The highest BCUT2D eigenvalue weighted by molar-refractivity contribution is 9.10. The molecule has 0 aliphatic rings. The lowest BCUT2D eigenvalue weighted by Crippen LogP contribution is -2.45. The number of pyridine rings is 1. The van der Waals surface area contributed by atoms with E-state index in [4.69, 9.17) is 4.74 Å². The molecule has 0 spiro atoms. The largest absolute Gasteiger partial charge is 0.465 e. The Hall–Kier alpha value is -2.22. The fraction of sp³-hybridized carbons (Fsp3) is 0.250. The van der Waals surface area contributed by atoms with Crippen molar-refractivity contribution >= 4 is 27.8 Å². The molecular formula is C16H15BrF2N2O3. The van der Waals surface area contributed by atoms with Crippen molar-refractivity contribution in [1.82, 2.24) is 4.98 Å². The maximum Gasteiger partial charge on any atom is 0.413 e. The van der Waals surface area contributed by atoms with Crippen LogP contribution in [0.25, 0.3) is 0 Å². The first-order valence-electron chi connectivity index (χ1n) is 6.92. The second-order valence-electron chi connectivity index (χ2n) is 5.92. The van der Waals surface area contributed by atoms with Crippen LogP contribution in [0.5, 0.6) is 11.5 Å². The number of nitrogens with zero attached hydrogens (tertiary/aromatic N) is 2. The fourth-order valence-corrected chi connectivity index (χ4v) is 2.41. The lowest BCUT2D eigenvalue weighted by Gasteiger charge is -2.32. The van der Waals surface area contributed by atoms with Crippen molar-refractivity contribution in [3.8, 4) is 11.5 Å². The highest BCUT2D eigenvalue weighted by Crippen LogP contribution is 2.33. The van der Waals surface area contributed by atoms with Crippen LogP contribution >= 0.6 is 15.9 Å². The number of hydrogen-bond acceptors (Lipinski definition) is 3. The Labute approximate surface area is 146 Å². The molecule has 24 heavy (non-hydrogen) atoms. The summed E-state index contributed by atoms with van der Waals surface area (Å²) in [6, 6.07) is 5.83. The van der Waals surface area contributed by atoms with Gasteiger partial charge in [0, 0.05) is 11.6 Å². The Bertz CT molecular complexity index is 778. The van der Waals surface area contributed by atoms with Crippen molar-refractivity contribution in [2.24, 2.45) is 0 Å². The number of aromatic nitrogens is 1. The van der Waals surface area contributed by atoms with Crippen molar-refractivity contribution in [2.75, 3.05) is 4.90 Å². The summed E-state index contributed by atoms with van der Waals surface area (Å²) < 4.78 is 32.1. The lowest BCUT2D eigenvalue weighted by molar-refractivity contribution is 0.195. The summed E-state index contributed by atoms with van der Waals surface area (Å²) in [5, 5.41) is 9.37. The van der Waals surface area contributed by atoms with Crippen LogP contribution < -0.4 is 9.64 Å². The van der Waals surface area contributed by atoms with E-state index in [0.717, 1.165) is 17.0 Å². The maximum absolute atomic E-state index is 13.7. The molecule has 1 aromatic heterocycles. The molecule has 0 saturated heterocycles. The normalized spacial score (nSPS) is 11.2. The van der Waals surface area contributed by atoms with E-state index in [1.54, 1.807) is 20.8 Å². The van der Waals surface area contributed by atoms with Gasteiger partial charge in [-0.2, -0.15) is 0 Å². The van der Waals surface area contributed by atoms with Gasteiger partial charge in [0.2, 0.25) is 0 Å². The Balaban J connectivity index is 2.34. The summed E-state index contributed by atoms with van der Waals surface area (Å²) in [5.74, 6) is -1.38. The molecule has 2 rings (SSSR count). The lowest BCUT2D eigenvalue weighted by atomic mass is 10.1. The maximum atomic E-state index is 13.7. The molecule has 5 nitrogen and oxygen atoms in total. The number of carbonyl (C=O) groups is 1. The first-order chi connectivity index (χ1) is 11.1. The molecule has 0 bridgehead atoms. The third kappa shape index (κ3) is 4.00. The smallest absolute Gasteiger partial charge is 0.413 e. The van der Waals surface area contributed by atoms with Crippen molar-refractivity contribution in [3.63, 3.8) is 0 Å². The number of amides is 1. The van der Waals surface area contributed by atoms with Gasteiger partial charge in [-0.1, -0.05) is 0 Å². The Morgan fingerprint density at radius 2 is 1.83 bits per heavy atom. The molecule has 1 aromatic carbocycles. The van der Waals surface area contributed by atoms with Gasteiger partial charge in [-0.3, -0.25) is 4.90 Å². The van der Waals surface area contributed by atoms with E-state index in [1.165, 1.54) is 12.1 Å². The number of carboxylic acid groups (broad SMARTS) is 1. The van der Waals surface area contributed by atoms with Gasteiger partial charge in [-0.25, -0.2) is 18.6 Å². The number of anilines is 1. The van der Waals surface area contributed by atoms with E-state index in [-0.39, 0.29) is 21.9 Å². The number of hydrogen-bond donors (Lipinski definition) is 1. The van der Waals surface area contributed by atoms with Crippen molar-refractivity contribution < 1.29 is 23.4 Å². The number of benzene rings is 1. The summed E-state index contributed by atoms with van der Waals surface area (Å²) in [6.45, 7) is 5.19. The average molecular weight is 401 g/mol. The molecule has 128 valence electrons. The number of rotatable bonds is 3. The number of ether oxygens (including phenoxy) is 1. The molecular weight excluding hydrogens is 386 g/mol. The second-order valence-corrected chi connectivity index (χ2v) is 6.68. The van der Waals surface area contributed by atoms with E-state index in [9.17, 15) is 18.7 Å². The van der Waals surface area contributed by atoms with Gasteiger partial charge in [0.1, 0.15) is 11.6 Å². The van der Waals surface area contributed by atoms with Gasteiger partial charge in [-0.15, -0.1) is 0 Å². The summed E-state index contributed by atoms with van der Waals surface area (Å²) in [4.78, 5) is 16.7. The first-order valence-corrected chi connectivity index (χ1v) is 7.71. The summed E-state index contributed by atoms with van der Waals surface area (Å²) >= 11 is 3.18. The molecule has 0 aliphatic carbocycles. The standard InChI is InChI=1S/C16H15BrF2N2O3/c1-16(2,3)21(15(22)23)13-7-6-12(14(17)20-13)24-11-5-4-9(18)8-10(11)19/h4-8H,1-3H3,(H,22,23). The highest BCUT2D eigenvalue weighted by Gasteiger charge is 2.29. The van der Waals surface area contributed by atoms with Crippen molar-refractivity contribution in [3.05, 3.63) is 46.6 Å². The molecule has 0 saturated carbocycles. The molecule has 0 unspecified atom stereocenters. The molecule has 0 atom stereocenters. The molecule has 2 aromatic rings. The van der Waals surface area contributed by atoms with Crippen LogP contribution in [-0.2, 0) is 0 Å². The zero-order chi connectivity index (χ0) is 18.1. The first kappa shape index (κ1) is 18.1. The Kier molecular flexibility index (Phi) is 5.08. The Morgan fingerprint density at radius 1 is 1.21 bits per heavy atom. The minimum atomic E-state index is -1.15. The molecule has 1 amide bonds. The molecule has 1 heterocycles. The van der Waals surface area contributed by atoms with E-state index in [1.807, 2.05) is 0 Å². The van der Waals surface area contributed by atoms with E-state index in [0.29, 0.717) is 6.07 Å². The molecule has 0 radical (unpaired) electrons. The highest BCUT2D eigenvalue weighted by atomic mass is 79.9. The van der Waals surface area contributed by atoms with E-state index < -0.39 is 23.3 Å². The monoisotopic (exact) mass is 400 g/mol. The van der Waals surface area contributed by atoms with Crippen molar-refractivity contribution in [2.45, 2.75) is 26.3 Å². The molecule has 0 aliphatic heterocycles. The predicted octanol–water partition coefficient (Wildman–Crippen LogP) is 5.20. The van der Waals surface area contributed by atoms with Crippen LogP contribution in [0.15, 0.2) is 34.9 Å². The topological polar surface area (TPSA) is 62.7 Å². The third-order valence-corrected chi connectivity index (χ3v) is 3.57. The second kappa shape index (κ2) is 6.72. The summed E-state index contributed by atoms with van der Waals surface area (Å²) in [6.07, 6.45) is -1.15. The summed E-state index contributed by atoms with van der Waals surface area (Å²) in [5.41, 5.74) is -0.705. The molecule has 0 fully saturated rings. The zero-order valence-corrected chi connectivity index (χ0v) is 14.8. The molecule has 8 heteroatoms. The van der Waals surface area contributed by atoms with Gasteiger partial charge in [-0.05, 0) is 61.0 Å². The van der Waals surface area contributed by atoms with Crippen LogP contribution in [0, 0.1) is 11.6 Å². The fourth-order valence-electron chi connectivity index (χ4n) is 2.02. The minimum absolute atomic E-state index is 0.169. The third-order valence-electron chi connectivity index (χ3n) is 3.00. The van der Waals surface area contributed by atoms with Crippen LogP contribution in [0.1, 0.15) is 20.8 Å². The predicted molar refractivity (Wildman–Crippen MR) is 88.6 cm³/mol. The minimum Gasteiger partial charge on any atom is -0.465 e. The van der Waals surface area contributed by atoms with E-state index in [2.05, 4.69) is 20.9 Å². The van der Waals surface area contributed by atoms with E-state index >= 15 is 0 Å². The van der Waals surface area contributed by atoms with Crippen molar-refractivity contribution in [1.29, 1.82) is 0 Å². The summed E-state index contributed by atoms with van der Waals surface area (Å²) in [7, 11) is 0. The van der Waals surface area contributed by atoms with Gasteiger partial charge in [0.15, 0.2) is 21.9 Å². The van der Waals surface area contributed by atoms with Crippen LogP contribution in [0.3, 0.4) is 0 Å². The van der Waals surface area contributed by atoms with Gasteiger partial charge in [0.25, 0.3) is 0 Å². The van der Waals surface area contributed by atoms with Crippen LogP contribution in [0.4, 0.5) is 19.4 Å². The SMILES string of the molecule is CC(C)(C)N(C(=O)O)c1ccc(Oc2ccc(F)cc2F)c(Br)n1. The van der Waals surface area contributed by atoms with Crippen LogP contribution in [-0.4, -0.2) is 21.7 Å². The van der Waals surface area contributed by atoms with Gasteiger partial charge in [0.05, 0.1) is 0 Å². The Morgan fingerprint density at radius 3 is 2.33 bits per heavy atom. The average Bonchev–Trinajstić information content (AvgIpc) is 2.42. The number of halogens is 3. The molecule has 1 N–H and O–H groups in total. The van der Waals surface area contributed by atoms with Gasteiger partial charge >= 0.3 is 6.09 Å². The van der Waals surface area contributed by atoms with Crippen LogP contribution in [0.2, 0.25) is 0 Å².